The molecule has 0 bridgehead atoms. The third-order valence-electron chi connectivity index (χ3n) is 3.62. The van der Waals surface area contributed by atoms with Crippen LogP contribution in [0.5, 0.6) is 0 Å². The van der Waals surface area contributed by atoms with Gasteiger partial charge >= 0.3 is 0 Å². The molecule has 0 spiro atoms. The van der Waals surface area contributed by atoms with Crippen molar-refractivity contribution in [1.29, 1.82) is 0 Å². The zero-order valence-corrected chi connectivity index (χ0v) is 13.4. The van der Waals surface area contributed by atoms with E-state index in [1.807, 2.05) is 30.9 Å². The van der Waals surface area contributed by atoms with Crippen LogP contribution in [0.1, 0.15) is 24.2 Å². The van der Waals surface area contributed by atoms with E-state index in [-0.39, 0.29) is 11.5 Å². The van der Waals surface area contributed by atoms with Gasteiger partial charge in [-0.15, -0.1) is 0 Å². The fraction of sp³-hybridized carbons (Fsp3) is 0.375. The van der Waals surface area contributed by atoms with E-state index in [0.717, 1.165) is 5.69 Å². The van der Waals surface area contributed by atoms with Crippen LogP contribution >= 0.6 is 11.6 Å². The summed E-state index contributed by atoms with van der Waals surface area (Å²) in [5.74, 6) is -0.0235. The van der Waals surface area contributed by atoms with Gasteiger partial charge in [-0.1, -0.05) is 17.7 Å². The second kappa shape index (κ2) is 5.74. The fourth-order valence-corrected chi connectivity index (χ4v) is 2.75. The second-order valence-corrected chi connectivity index (χ2v) is 6.42. The van der Waals surface area contributed by atoms with Crippen LogP contribution in [0.2, 0.25) is 5.02 Å². The topological polar surface area (TPSA) is 47.4 Å². The van der Waals surface area contributed by atoms with Gasteiger partial charge in [0, 0.05) is 24.3 Å². The summed E-state index contributed by atoms with van der Waals surface area (Å²) in [6, 6.07) is 7.35. The zero-order chi connectivity index (χ0) is 15.7. The normalized spacial score (nSPS) is 17.5. The minimum absolute atomic E-state index is 0.0235. The lowest BCUT2D eigenvalue weighted by Gasteiger charge is -2.37. The van der Waals surface area contributed by atoms with Gasteiger partial charge < -0.3 is 9.64 Å². The minimum atomic E-state index is -0.309. The Morgan fingerprint density at radius 1 is 1.41 bits per heavy atom. The predicted molar refractivity (Wildman–Crippen MR) is 84.5 cm³/mol. The highest BCUT2D eigenvalue weighted by Gasteiger charge is 2.30. The molecule has 6 heteroatoms. The average molecular weight is 320 g/mol. The summed E-state index contributed by atoms with van der Waals surface area (Å²) in [6.07, 6.45) is 3.32. The molecule has 3 rings (SSSR count). The number of nitrogens with zero attached hydrogens (tertiary/aromatic N) is 3. The van der Waals surface area contributed by atoms with Crippen molar-refractivity contribution in [3.8, 4) is 5.69 Å². The number of hydrogen-bond acceptors (Lipinski definition) is 3. The predicted octanol–water partition coefficient (Wildman–Crippen LogP) is 2.78. The maximum Gasteiger partial charge on any atom is 0.257 e. The van der Waals surface area contributed by atoms with Gasteiger partial charge in [-0.2, -0.15) is 5.10 Å². The summed E-state index contributed by atoms with van der Waals surface area (Å²) < 4.78 is 7.30. The molecule has 2 aromatic rings. The van der Waals surface area contributed by atoms with Crippen LogP contribution in [0.15, 0.2) is 36.7 Å². The highest BCUT2D eigenvalue weighted by Crippen LogP contribution is 2.19. The molecule has 1 aromatic heterocycles. The maximum atomic E-state index is 12.6. The Balaban J connectivity index is 1.80. The Morgan fingerprint density at radius 2 is 2.23 bits per heavy atom. The highest BCUT2D eigenvalue weighted by atomic mass is 35.5. The number of rotatable bonds is 2. The molecular weight excluding hydrogens is 302 g/mol. The Kier molecular flexibility index (Phi) is 3.93. The summed E-state index contributed by atoms with van der Waals surface area (Å²) in [6.45, 7) is 5.71. The molecule has 5 nitrogen and oxygen atoms in total. The Labute approximate surface area is 134 Å². The smallest absolute Gasteiger partial charge is 0.257 e. The summed E-state index contributed by atoms with van der Waals surface area (Å²) in [5.41, 5.74) is 1.09. The van der Waals surface area contributed by atoms with Gasteiger partial charge in [0.2, 0.25) is 0 Å². The zero-order valence-electron chi connectivity index (χ0n) is 12.6. The first-order valence-corrected chi connectivity index (χ1v) is 7.56. The lowest BCUT2D eigenvalue weighted by molar-refractivity contribution is -0.0764. The van der Waals surface area contributed by atoms with E-state index in [1.54, 1.807) is 29.2 Å². The number of carbonyl (C=O) groups is 1. The molecule has 0 atom stereocenters. The minimum Gasteiger partial charge on any atom is -0.372 e. The van der Waals surface area contributed by atoms with E-state index >= 15 is 0 Å². The standard InChI is InChI=1S/C16H18ClN3O2/c1-16(2)11-19(6-7-22-16)15(21)12-9-18-20(10-12)14-5-3-4-13(17)8-14/h3-5,8-10H,6-7,11H2,1-2H3. The third-order valence-corrected chi connectivity index (χ3v) is 3.85. The number of carbonyl (C=O) groups excluding carboxylic acids is 1. The molecule has 0 N–H and O–H groups in total. The van der Waals surface area contributed by atoms with Gasteiger partial charge in [0.15, 0.2) is 0 Å². The Hall–Kier alpha value is -1.85. The second-order valence-electron chi connectivity index (χ2n) is 5.99. The number of ether oxygens (including phenoxy) is 1. The maximum absolute atomic E-state index is 12.6. The molecule has 22 heavy (non-hydrogen) atoms. The van der Waals surface area contributed by atoms with Gasteiger partial charge in [0.1, 0.15) is 0 Å². The molecule has 1 saturated heterocycles. The van der Waals surface area contributed by atoms with Crippen LogP contribution < -0.4 is 0 Å². The number of hydrogen-bond donors (Lipinski definition) is 0. The first-order chi connectivity index (χ1) is 10.4. The average Bonchev–Trinajstić information content (AvgIpc) is 2.95. The van der Waals surface area contributed by atoms with Gasteiger partial charge in [0.05, 0.1) is 29.7 Å². The SMILES string of the molecule is CC1(C)CN(C(=O)c2cnn(-c3cccc(Cl)c3)c2)CCO1. The molecule has 1 amide bonds. The van der Waals surface area contributed by atoms with E-state index < -0.39 is 0 Å². The van der Waals surface area contributed by atoms with Crippen molar-refractivity contribution in [1.82, 2.24) is 14.7 Å². The number of benzene rings is 1. The Morgan fingerprint density at radius 3 is 2.95 bits per heavy atom. The van der Waals surface area contributed by atoms with E-state index in [1.165, 1.54) is 0 Å². The molecule has 1 aromatic carbocycles. The molecule has 0 radical (unpaired) electrons. The van der Waals surface area contributed by atoms with E-state index in [0.29, 0.717) is 30.3 Å². The molecule has 1 fully saturated rings. The molecule has 1 aliphatic rings. The van der Waals surface area contributed by atoms with Gasteiger partial charge in [-0.25, -0.2) is 4.68 Å². The van der Waals surface area contributed by atoms with Crippen LogP contribution in [0.4, 0.5) is 0 Å². The summed E-state index contributed by atoms with van der Waals surface area (Å²) in [5, 5.41) is 4.89. The van der Waals surface area contributed by atoms with Gasteiger partial charge in [-0.05, 0) is 32.0 Å². The van der Waals surface area contributed by atoms with Crippen molar-refractivity contribution in [2.75, 3.05) is 19.7 Å². The molecule has 0 aliphatic carbocycles. The molecular formula is C16H18ClN3O2. The van der Waals surface area contributed by atoms with Crippen LogP contribution in [0, 0.1) is 0 Å². The highest BCUT2D eigenvalue weighted by molar-refractivity contribution is 6.30. The van der Waals surface area contributed by atoms with E-state index in [2.05, 4.69) is 5.10 Å². The molecule has 0 unspecified atom stereocenters. The van der Waals surface area contributed by atoms with Crippen LogP contribution in [-0.4, -0.2) is 45.9 Å². The Bertz CT molecular complexity index is 696. The molecule has 0 saturated carbocycles. The molecule has 2 heterocycles. The molecule has 116 valence electrons. The number of halogens is 1. The number of aromatic nitrogens is 2. The number of amides is 1. The number of morpholine rings is 1. The van der Waals surface area contributed by atoms with Crippen molar-refractivity contribution < 1.29 is 9.53 Å². The summed E-state index contributed by atoms with van der Waals surface area (Å²) in [4.78, 5) is 14.4. The lowest BCUT2D eigenvalue weighted by atomic mass is 10.1. The van der Waals surface area contributed by atoms with Crippen LogP contribution in [0.3, 0.4) is 0 Å². The van der Waals surface area contributed by atoms with E-state index in [9.17, 15) is 4.79 Å². The van der Waals surface area contributed by atoms with Gasteiger partial charge in [0.25, 0.3) is 5.91 Å². The fourth-order valence-electron chi connectivity index (χ4n) is 2.57. The van der Waals surface area contributed by atoms with Crippen molar-refractivity contribution >= 4 is 17.5 Å². The van der Waals surface area contributed by atoms with Crippen LogP contribution in [0.25, 0.3) is 5.69 Å². The largest absolute Gasteiger partial charge is 0.372 e. The van der Waals surface area contributed by atoms with Crippen molar-refractivity contribution in [3.63, 3.8) is 0 Å². The summed E-state index contributed by atoms with van der Waals surface area (Å²) >= 11 is 5.99. The third kappa shape index (κ3) is 3.15. The quantitative estimate of drug-likeness (QED) is 0.855. The van der Waals surface area contributed by atoms with Crippen molar-refractivity contribution in [3.05, 3.63) is 47.2 Å². The molecule has 1 aliphatic heterocycles. The first kappa shape index (κ1) is 15.1. The van der Waals surface area contributed by atoms with Crippen LogP contribution in [-0.2, 0) is 4.74 Å². The van der Waals surface area contributed by atoms with Crippen molar-refractivity contribution in [2.45, 2.75) is 19.4 Å². The lowest BCUT2D eigenvalue weighted by Crippen LogP contribution is -2.50. The van der Waals surface area contributed by atoms with E-state index in [4.69, 9.17) is 16.3 Å². The van der Waals surface area contributed by atoms with Crippen molar-refractivity contribution in [2.24, 2.45) is 0 Å². The first-order valence-electron chi connectivity index (χ1n) is 7.18. The monoisotopic (exact) mass is 319 g/mol. The summed E-state index contributed by atoms with van der Waals surface area (Å²) in [7, 11) is 0. The van der Waals surface area contributed by atoms with Gasteiger partial charge in [-0.3, -0.25) is 4.79 Å².